The Hall–Kier alpha value is -1.96. The van der Waals surface area contributed by atoms with Crippen LogP contribution in [-0.4, -0.2) is 0 Å². The van der Waals surface area contributed by atoms with Crippen LogP contribution in [-0.2, 0) is 0 Å². The summed E-state index contributed by atoms with van der Waals surface area (Å²) < 4.78 is 26.6. The molecule has 0 N–H and O–H groups in total. The van der Waals surface area contributed by atoms with Gasteiger partial charge in [-0.3, -0.25) is 0 Å². The van der Waals surface area contributed by atoms with E-state index in [1.807, 2.05) is 30.3 Å². The molecule has 0 nitrogen and oxygen atoms in total. The molecule has 0 radical (unpaired) electrons. The van der Waals surface area contributed by atoms with E-state index in [2.05, 4.69) is 0 Å². The third-order valence-corrected chi connectivity index (χ3v) is 2.77. The largest absolute Gasteiger partial charge is 0.204 e. The van der Waals surface area contributed by atoms with E-state index < -0.39 is 11.6 Å². The van der Waals surface area contributed by atoms with E-state index in [-0.39, 0.29) is 0 Å². The quantitative estimate of drug-likeness (QED) is 0.490. The van der Waals surface area contributed by atoms with Crippen LogP contribution in [0.2, 0.25) is 0 Å². The summed E-state index contributed by atoms with van der Waals surface area (Å²) in [7, 11) is 0. The maximum absolute atomic E-state index is 13.6. The van der Waals surface area contributed by atoms with E-state index in [4.69, 9.17) is 0 Å². The van der Waals surface area contributed by atoms with Crippen molar-refractivity contribution >= 4 is 21.5 Å². The second-order valence-electron chi connectivity index (χ2n) is 3.78. The summed E-state index contributed by atoms with van der Waals surface area (Å²) in [6, 6.07) is 14.0. The SMILES string of the molecule is Fc1ccc2cc3ccccc3cc2c1F. The summed E-state index contributed by atoms with van der Waals surface area (Å²) in [6.45, 7) is 0. The molecule has 0 fully saturated rings. The fourth-order valence-electron chi connectivity index (χ4n) is 1.95. The van der Waals surface area contributed by atoms with E-state index in [0.717, 1.165) is 22.2 Å². The van der Waals surface area contributed by atoms with Gasteiger partial charge in [0.25, 0.3) is 0 Å². The number of fused-ring (bicyclic) bond motifs is 2. The van der Waals surface area contributed by atoms with Crippen molar-refractivity contribution in [2.24, 2.45) is 0 Å². The topological polar surface area (TPSA) is 0 Å². The van der Waals surface area contributed by atoms with Gasteiger partial charge < -0.3 is 0 Å². The highest BCUT2D eigenvalue weighted by molar-refractivity contribution is 5.98. The summed E-state index contributed by atoms with van der Waals surface area (Å²) in [6.07, 6.45) is 0. The van der Waals surface area contributed by atoms with Gasteiger partial charge >= 0.3 is 0 Å². The molecule has 78 valence electrons. The first kappa shape index (κ1) is 9.28. The lowest BCUT2D eigenvalue weighted by Crippen LogP contribution is -1.86. The maximum atomic E-state index is 13.6. The number of hydrogen-bond acceptors (Lipinski definition) is 0. The average molecular weight is 214 g/mol. The second-order valence-corrected chi connectivity index (χ2v) is 3.78. The monoisotopic (exact) mass is 214 g/mol. The molecule has 3 aromatic rings. The fourth-order valence-corrected chi connectivity index (χ4v) is 1.95. The Labute approximate surface area is 91.1 Å². The lowest BCUT2D eigenvalue weighted by Gasteiger charge is -2.03. The Morgan fingerprint density at radius 1 is 0.688 bits per heavy atom. The van der Waals surface area contributed by atoms with Crippen molar-refractivity contribution in [3.05, 3.63) is 60.2 Å². The predicted octanol–water partition coefficient (Wildman–Crippen LogP) is 4.27. The highest BCUT2D eigenvalue weighted by Gasteiger charge is 2.07. The summed E-state index contributed by atoms with van der Waals surface area (Å²) in [5.41, 5.74) is 0. The first-order chi connectivity index (χ1) is 7.75. The molecule has 3 rings (SSSR count). The molecule has 0 aliphatic heterocycles. The molecule has 0 unspecified atom stereocenters. The summed E-state index contributed by atoms with van der Waals surface area (Å²) in [5.74, 6) is -1.58. The summed E-state index contributed by atoms with van der Waals surface area (Å²) in [5, 5.41) is 3.00. The number of rotatable bonds is 0. The fraction of sp³-hybridized carbons (Fsp3) is 0. The van der Waals surface area contributed by atoms with Crippen molar-refractivity contribution < 1.29 is 8.78 Å². The van der Waals surface area contributed by atoms with Crippen LogP contribution in [0, 0.1) is 11.6 Å². The van der Waals surface area contributed by atoms with E-state index in [1.54, 1.807) is 12.1 Å². The molecule has 0 amide bonds. The van der Waals surface area contributed by atoms with Crippen molar-refractivity contribution in [1.29, 1.82) is 0 Å². The van der Waals surface area contributed by atoms with Gasteiger partial charge in [-0.1, -0.05) is 30.3 Å². The van der Waals surface area contributed by atoms with Gasteiger partial charge in [0.15, 0.2) is 11.6 Å². The molecule has 0 saturated carbocycles. The molecule has 0 aromatic heterocycles. The third kappa shape index (κ3) is 1.27. The second kappa shape index (κ2) is 3.27. The molecule has 0 bridgehead atoms. The maximum Gasteiger partial charge on any atom is 0.166 e. The van der Waals surface area contributed by atoms with Crippen LogP contribution >= 0.6 is 0 Å². The number of benzene rings is 3. The molecule has 2 heteroatoms. The van der Waals surface area contributed by atoms with Crippen LogP contribution in [0.3, 0.4) is 0 Å². The van der Waals surface area contributed by atoms with Crippen molar-refractivity contribution in [3.63, 3.8) is 0 Å². The van der Waals surface area contributed by atoms with E-state index in [0.29, 0.717) is 5.39 Å². The zero-order valence-corrected chi connectivity index (χ0v) is 8.37. The van der Waals surface area contributed by atoms with Gasteiger partial charge in [-0.2, -0.15) is 0 Å². The van der Waals surface area contributed by atoms with E-state index in [1.165, 1.54) is 0 Å². The van der Waals surface area contributed by atoms with E-state index in [9.17, 15) is 8.78 Å². The molecular formula is C14H8F2. The van der Waals surface area contributed by atoms with Crippen LogP contribution < -0.4 is 0 Å². The first-order valence-corrected chi connectivity index (χ1v) is 5.02. The molecule has 0 saturated heterocycles. The van der Waals surface area contributed by atoms with Crippen LogP contribution in [0.4, 0.5) is 8.78 Å². The molecule has 3 aromatic carbocycles. The van der Waals surface area contributed by atoms with Crippen molar-refractivity contribution in [3.8, 4) is 0 Å². The third-order valence-electron chi connectivity index (χ3n) is 2.77. The standard InChI is InChI=1S/C14H8F2/c15-13-6-5-11-7-9-3-1-2-4-10(9)8-12(11)14(13)16/h1-8H. The van der Waals surface area contributed by atoms with Gasteiger partial charge in [-0.15, -0.1) is 0 Å². The molecule has 0 spiro atoms. The van der Waals surface area contributed by atoms with Crippen molar-refractivity contribution in [2.45, 2.75) is 0 Å². The van der Waals surface area contributed by atoms with Crippen LogP contribution in [0.5, 0.6) is 0 Å². The molecule has 16 heavy (non-hydrogen) atoms. The van der Waals surface area contributed by atoms with Crippen molar-refractivity contribution in [1.82, 2.24) is 0 Å². The Morgan fingerprint density at radius 2 is 1.38 bits per heavy atom. The smallest absolute Gasteiger partial charge is 0.166 e. The van der Waals surface area contributed by atoms with Gasteiger partial charge in [-0.25, -0.2) is 8.78 Å². The first-order valence-electron chi connectivity index (χ1n) is 5.02. The molecule has 0 heterocycles. The molecule has 0 atom stereocenters. The highest BCUT2D eigenvalue weighted by Crippen LogP contribution is 2.25. The minimum Gasteiger partial charge on any atom is -0.204 e. The lowest BCUT2D eigenvalue weighted by atomic mass is 10.0. The zero-order chi connectivity index (χ0) is 11.1. The highest BCUT2D eigenvalue weighted by atomic mass is 19.2. The zero-order valence-electron chi connectivity index (χ0n) is 8.37. The Morgan fingerprint density at radius 3 is 2.12 bits per heavy atom. The Bertz CT molecular complexity index is 687. The van der Waals surface area contributed by atoms with Gasteiger partial charge in [0.05, 0.1) is 0 Å². The predicted molar refractivity (Wildman–Crippen MR) is 61.4 cm³/mol. The molecule has 0 aliphatic rings. The van der Waals surface area contributed by atoms with Gasteiger partial charge in [0.2, 0.25) is 0 Å². The lowest BCUT2D eigenvalue weighted by molar-refractivity contribution is 0.517. The minimum absolute atomic E-state index is 0.332. The molecular weight excluding hydrogens is 206 g/mol. The minimum atomic E-state index is -0.803. The summed E-state index contributed by atoms with van der Waals surface area (Å²) in [4.78, 5) is 0. The van der Waals surface area contributed by atoms with Gasteiger partial charge in [-0.05, 0) is 34.4 Å². The van der Waals surface area contributed by atoms with Crippen LogP contribution in [0.15, 0.2) is 48.5 Å². The van der Waals surface area contributed by atoms with Crippen LogP contribution in [0.1, 0.15) is 0 Å². The normalized spacial score (nSPS) is 11.1. The number of halogens is 2. The Balaban J connectivity index is 2.51. The summed E-state index contributed by atoms with van der Waals surface area (Å²) >= 11 is 0. The number of hydrogen-bond donors (Lipinski definition) is 0. The van der Waals surface area contributed by atoms with Crippen LogP contribution in [0.25, 0.3) is 21.5 Å². The van der Waals surface area contributed by atoms with Gasteiger partial charge in [0.1, 0.15) is 0 Å². The van der Waals surface area contributed by atoms with E-state index >= 15 is 0 Å². The molecule has 0 aliphatic carbocycles. The average Bonchev–Trinajstić information content (AvgIpc) is 2.32. The van der Waals surface area contributed by atoms with Crippen molar-refractivity contribution in [2.75, 3.05) is 0 Å². The Kier molecular flexibility index (Phi) is 1.90. The van der Waals surface area contributed by atoms with Gasteiger partial charge in [0, 0.05) is 5.39 Å².